The van der Waals surface area contributed by atoms with E-state index in [1.54, 1.807) is 18.2 Å². The molecule has 3 atom stereocenters. The third-order valence-electron chi connectivity index (χ3n) is 5.17. The van der Waals surface area contributed by atoms with Crippen LogP contribution in [-0.4, -0.2) is 5.97 Å². The minimum atomic E-state index is -0.962. The van der Waals surface area contributed by atoms with Gasteiger partial charge in [-0.25, -0.2) is 0 Å². The van der Waals surface area contributed by atoms with Crippen molar-refractivity contribution in [3.63, 3.8) is 0 Å². The van der Waals surface area contributed by atoms with Gasteiger partial charge in [-0.3, -0.25) is 4.79 Å². The lowest BCUT2D eigenvalue weighted by Gasteiger charge is -2.13. The third-order valence-corrected chi connectivity index (χ3v) is 5.17. The average molecular weight is 375 g/mol. The molecule has 2 aromatic rings. The second-order valence-electron chi connectivity index (χ2n) is 8.00. The number of rotatable bonds is 6. The molecule has 0 aliphatic heterocycles. The summed E-state index contributed by atoms with van der Waals surface area (Å²) in [6.07, 6.45) is 1.15. The topological polar surface area (TPSA) is 59.3 Å². The molecule has 0 amide bonds. The maximum atomic E-state index is 12.7. The summed E-state index contributed by atoms with van der Waals surface area (Å²) in [4.78, 5) is 12.7. The van der Waals surface area contributed by atoms with Crippen LogP contribution in [0.1, 0.15) is 39.4 Å². The zero-order valence-electron chi connectivity index (χ0n) is 16.7. The Kier molecular flexibility index (Phi) is 5.56. The van der Waals surface area contributed by atoms with Crippen molar-refractivity contribution in [3.05, 3.63) is 71.8 Å². The fourth-order valence-electron chi connectivity index (χ4n) is 3.52. The van der Waals surface area contributed by atoms with Crippen LogP contribution in [0.2, 0.25) is 0 Å². The molecule has 1 aliphatic rings. The molecule has 0 aromatic heterocycles. The predicted octanol–water partition coefficient (Wildman–Crippen LogP) is 5.83. The van der Waals surface area contributed by atoms with Crippen molar-refractivity contribution in [2.45, 2.75) is 33.8 Å². The van der Waals surface area contributed by atoms with Crippen molar-refractivity contribution >= 4 is 5.97 Å². The standard InChI is InChI=1S/C24H25NO3/c1-16(2)13-20-22(24(20,3)4)23(26)28-21(15-25)17-9-8-12-19(14-17)27-18-10-6-5-7-11-18/h5-14,20-22H,1-4H3/t20-,21-,22+/m0/s1. The molecule has 0 heterocycles. The molecule has 0 bridgehead atoms. The van der Waals surface area contributed by atoms with Crippen LogP contribution in [0.25, 0.3) is 0 Å². The summed E-state index contributed by atoms with van der Waals surface area (Å²) in [5.41, 5.74) is 1.63. The fraction of sp³-hybridized carbons (Fsp3) is 0.333. The normalized spacial score (nSPS) is 20.4. The molecule has 2 aromatic carbocycles. The Morgan fingerprint density at radius 2 is 1.79 bits per heavy atom. The van der Waals surface area contributed by atoms with Crippen LogP contribution in [0.3, 0.4) is 0 Å². The van der Waals surface area contributed by atoms with Gasteiger partial charge < -0.3 is 9.47 Å². The van der Waals surface area contributed by atoms with E-state index in [4.69, 9.17) is 9.47 Å². The number of hydrogen-bond acceptors (Lipinski definition) is 4. The summed E-state index contributed by atoms with van der Waals surface area (Å²) in [7, 11) is 0. The lowest BCUT2D eigenvalue weighted by Crippen LogP contribution is -2.14. The highest BCUT2D eigenvalue weighted by molar-refractivity contribution is 5.78. The molecule has 4 heteroatoms. The van der Waals surface area contributed by atoms with Gasteiger partial charge in [0.15, 0.2) is 0 Å². The van der Waals surface area contributed by atoms with Crippen molar-refractivity contribution in [2.75, 3.05) is 0 Å². The average Bonchev–Trinajstić information content (AvgIpc) is 3.20. The highest BCUT2D eigenvalue weighted by Crippen LogP contribution is 2.60. The Labute approximate surface area is 166 Å². The zero-order valence-corrected chi connectivity index (χ0v) is 16.7. The number of esters is 1. The van der Waals surface area contributed by atoms with E-state index in [-0.39, 0.29) is 23.2 Å². The van der Waals surface area contributed by atoms with Gasteiger partial charge in [0.2, 0.25) is 6.10 Å². The second kappa shape index (κ2) is 7.90. The molecule has 0 N–H and O–H groups in total. The molecular formula is C24H25NO3. The number of carbonyl (C=O) groups is 1. The maximum absolute atomic E-state index is 12.7. The Balaban J connectivity index is 1.72. The minimum absolute atomic E-state index is 0.146. The minimum Gasteiger partial charge on any atom is -0.457 e. The molecule has 4 nitrogen and oxygen atoms in total. The predicted molar refractivity (Wildman–Crippen MR) is 108 cm³/mol. The van der Waals surface area contributed by atoms with Crippen LogP contribution in [0.15, 0.2) is 66.2 Å². The molecule has 0 saturated heterocycles. The number of nitriles is 1. The van der Waals surface area contributed by atoms with E-state index in [1.165, 1.54) is 5.57 Å². The van der Waals surface area contributed by atoms with Crippen molar-refractivity contribution in [1.29, 1.82) is 5.26 Å². The van der Waals surface area contributed by atoms with E-state index >= 15 is 0 Å². The van der Waals surface area contributed by atoms with E-state index in [0.717, 1.165) is 0 Å². The van der Waals surface area contributed by atoms with Crippen LogP contribution in [-0.2, 0) is 9.53 Å². The van der Waals surface area contributed by atoms with Crippen molar-refractivity contribution in [3.8, 4) is 17.6 Å². The van der Waals surface area contributed by atoms with Gasteiger partial charge in [0, 0.05) is 5.56 Å². The highest BCUT2D eigenvalue weighted by atomic mass is 16.5. The summed E-state index contributed by atoms with van der Waals surface area (Å²) in [6, 6.07) is 18.6. The number of hydrogen-bond donors (Lipinski definition) is 0. The molecule has 28 heavy (non-hydrogen) atoms. The lowest BCUT2D eigenvalue weighted by molar-refractivity contribution is -0.149. The molecule has 0 radical (unpaired) electrons. The fourth-order valence-corrected chi connectivity index (χ4v) is 3.52. The largest absolute Gasteiger partial charge is 0.457 e. The smallest absolute Gasteiger partial charge is 0.311 e. The Hall–Kier alpha value is -3.06. The molecule has 3 rings (SSSR count). The van der Waals surface area contributed by atoms with E-state index in [1.807, 2.05) is 50.2 Å². The van der Waals surface area contributed by atoms with Gasteiger partial charge in [-0.05, 0) is 49.4 Å². The van der Waals surface area contributed by atoms with E-state index < -0.39 is 6.10 Å². The zero-order chi connectivity index (χ0) is 20.3. The van der Waals surface area contributed by atoms with Crippen LogP contribution in [0.4, 0.5) is 0 Å². The number of allylic oxidation sites excluding steroid dienone is 2. The van der Waals surface area contributed by atoms with Gasteiger partial charge in [0.25, 0.3) is 0 Å². The molecule has 0 unspecified atom stereocenters. The quantitative estimate of drug-likeness (QED) is 0.471. The van der Waals surface area contributed by atoms with Gasteiger partial charge in [0.05, 0.1) is 5.92 Å². The number of benzene rings is 2. The maximum Gasteiger partial charge on any atom is 0.311 e. The molecule has 144 valence electrons. The summed E-state index contributed by atoms with van der Waals surface area (Å²) in [6.45, 7) is 8.15. The van der Waals surface area contributed by atoms with Crippen LogP contribution in [0, 0.1) is 28.6 Å². The Morgan fingerprint density at radius 3 is 2.43 bits per heavy atom. The van der Waals surface area contributed by atoms with Gasteiger partial charge in [-0.1, -0.05) is 55.8 Å². The highest BCUT2D eigenvalue weighted by Gasteiger charge is 2.61. The van der Waals surface area contributed by atoms with Crippen LogP contribution >= 0.6 is 0 Å². The first-order chi connectivity index (χ1) is 13.3. The molecule has 1 aliphatic carbocycles. The lowest BCUT2D eigenvalue weighted by atomic mass is 10.1. The number of ether oxygens (including phenoxy) is 2. The molecule has 0 spiro atoms. The number of nitrogens with zero attached hydrogens (tertiary/aromatic N) is 1. The van der Waals surface area contributed by atoms with Crippen molar-refractivity contribution < 1.29 is 14.3 Å². The monoisotopic (exact) mass is 375 g/mol. The summed E-state index contributed by atoms with van der Waals surface area (Å²) in [5.74, 6) is 0.899. The van der Waals surface area contributed by atoms with Gasteiger partial charge in [0.1, 0.15) is 17.6 Å². The first kappa shape index (κ1) is 19.7. The van der Waals surface area contributed by atoms with E-state index in [9.17, 15) is 10.1 Å². The molecule has 1 fully saturated rings. The van der Waals surface area contributed by atoms with E-state index in [0.29, 0.717) is 17.1 Å². The third kappa shape index (κ3) is 4.26. The Bertz CT molecular complexity index is 920. The number of para-hydroxylation sites is 1. The second-order valence-corrected chi connectivity index (χ2v) is 8.00. The number of carbonyl (C=O) groups excluding carboxylic acids is 1. The Morgan fingerprint density at radius 1 is 1.11 bits per heavy atom. The molecular weight excluding hydrogens is 350 g/mol. The van der Waals surface area contributed by atoms with Gasteiger partial charge >= 0.3 is 5.97 Å². The van der Waals surface area contributed by atoms with Crippen LogP contribution < -0.4 is 4.74 Å². The van der Waals surface area contributed by atoms with Crippen LogP contribution in [0.5, 0.6) is 11.5 Å². The SMILES string of the molecule is CC(C)=C[C@H]1[C@H](C(=O)O[C@@H](C#N)c2cccc(Oc3ccccc3)c2)C1(C)C. The summed E-state index contributed by atoms with van der Waals surface area (Å²) >= 11 is 0. The van der Waals surface area contributed by atoms with Gasteiger partial charge in [-0.15, -0.1) is 0 Å². The first-order valence-electron chi connectivity index (χ1n) is 9.41. The summed E-state index contributed by atoms with van der Waals surface area (Å²) in [5, 5.41) is 9.57. The molecule has 1 saturated carbocycles. The van der Waals surface area contributed by atoms with Gasteiger partial charge in [-0.2, -0.15) is 5.26 Å². The first-order valence-corrected chi connectivity index (χ1v) is 9.41. The van der Waals surface area contributed by atoms with Crippen molar-refractivity contribution in [1.82, 2.24) is 0 Å². The van der Waals surface area contributed by atoms with Crippen molar-refractivity contribution in [2.24, 2.45) is 17.3 Å². The summed E-state index contributed by atoms with van der Waals surface area (Å²) < 4.78 is 11.4. The van der Waals surface area contributed by atoms with E-state index in [2.05, 4.69) is 26.0 Å².